The number of nitrogens with one attached hydrogen (secondary N) is 3. The molecule has 0 aliphatic carbocycles. The van der Waals surface area contributed by atoms with E-state index in [0.717, 1.165) is 16.8 Å². The molecule has 3 N–H and O–H groups in total. The summed E-state index contributed by atoms with van der Waals surface area (Å²) in [5.41, 5.74) is 2.84. The minimum Gasteiger partial charge on any atom is -0.467 e. The summed E-state index contributed by atoms with van der Waals surface area (Å²) in [6, 6.07) is 19.0. The van der Waals surface area contributed by atoms with E-state index in [4.69, 9.17) is 4.42 Å². The van der Waals surface area contributed by atoms with Crippen molar-refractivity contribution in [2.75, 3.05) is 12.3 Å². The lowest BCUT2D eigenvalue weighted by Gasteiger charge is -2.10. The summed E-state index contributed by atoms with van der Waals surface area (Å²) in [5, 5.41) is 6.98. The molecule has 0 aliphatic heterocycles. The zero-order valence-electron chi connectivity index (χ0n) is 16.9. The lowest BCUT2D eigenvalue weighted by Crippen LogP contribution is -2.27. The zero-order chi connectivity index (χ0) is 21.5. The van der Waals surface area contributed by atoms with Crippen LogP contribution in [0.25, 0.3) is 10.9 Å². The molecule has 7 heteroatoms. The summed E-state index contributed by atoms with van der Waals surface area (Å²) < 4.78 is 5.21. The first-order valence-electron chi connectivity index (χ1n) is 10.0. The molecular formula is C24H23N3O3S. The molecule has 2 aromatic heterocycles. The van der Waals surface area contributed by atoms with Gasteiger partial charge in [-0.2, -0.15) is 0 Å². The molecule has 2 amide bonds. The number of hydrogen-bond donors (Lipinski definition) is 3. The standard InChI is InChI=1S/C24H23N3O3S/c28-23(27-15-18-6-5-13-30-18)16-31-22-10-4-2-8-20(22)24(29)25-12-11-17-14-26-21-9-3-1-7-19(17)21/h1-10,13-14,26H,11-12,15-16H2,(H,25,29)(H,27,28). The molecule has 0 unspecified atom stereocenters. The van der Waals surface area contributed by atoms with Gasteiger partial charge in [0.2, 0.25) is 5.91 Å². The third-order valence-electron chi connectivity index (χ3n) is 4.89. The number of fused-ring (bicyclic) bond motifs is 1. The van der Waals surface area contributed by atoms with Crippen molar-refractivity contribution in [1.82, 2.24) is 15.6 Å². The van der Waals surface area contributed by atoms with Crippen molar-refractivity contribution < 1.29 is 14.0 Å². The maximum absolute atomic E-state index is 12.7. The molecule has 6 nitrogen and oxygen atoms in total. The molecule has 0 saturated heterocycles. The van der Waals surface area contributed by atoms with E-state index in [9.17, 15) is 9.59 Å². The second kappa shape index (κ2) is 10.0. The van der Waals surface area contributed by atoms with Crippen molar-refractivity contribution in [2.45, 2.75) is 17.9 Å². The number of H-pyrrole nitrogens is 1. The number of rotatable bonds is 9. The van der Waals surface area contributed by atoms with E-state index in [-0.39, 0.29) is 17.6 Å². The first-order chi connectivity index (χ1) is 15.2. The Morgan fingerprint density at radius 3 is 2.68 bits per heavy atom. The Kier molecular flexibility index (Phi) is 6.74. The van der Waals surface area contributed by atoms with Crippen LogP contribution in [0.5, 0.6) is 0 Å². The van der Waals surface area contributed by atoms with E-state index in [1.807, 2.05) is 48.7 Å². The predicted octanol–water partition coefficient (Wildman–Crippen LogP) is 4.14. The van der Waals surface area contributed by atoms with E-state index < -0.39 is 0 Å². The van der Waals surface area contributed by atoms with Crippen molar-refractivity contribution in [3.8, 4) is 0 Å². The van der Waals surface area contributed by atoms with Gasteiger partial charge in [-0.3, -0.25) is 9.59 Å². The third-order valence-corrected chi connectivity index (χ3v) is 5.96. The predicted molar refractivity (Wildman–Crippen MR) is 122 cm³/mol. The van der Waals surface area contributed by atoms with E-state index in [0.29, 0.717) is 24.4 Å². The molecule has 2 aromatic carbocycles. The second-order valence-corrected chi connectivity index (χ2v) is 8.02. The average Bonchev–Trinajstić information content (AvgIpc) is 3.47. The highest BCUT2D eigenvalue weighted by atomic mass is 32.2. The van der Waals surface area contributed by atoms with Gasteiger partial charge >= 0.3 is 0 Å². The molecule has 4 rings (SSSR count). The molecule has 0 spiro atoms. The monoisotopic (exact) mass is 433 g/mol. The third kappa shape index (κ3) is 5.38. The van der Waals surface area contributed by atoms with Gasteiger partial charge in [0.15, 0.2) is 0 Å². The Morgan fingerprint density at radius 1 is 0.968 bits per heavy atom. The van der Waals surface area contributed by atoms with Crippen LogP contribution in [-0.4, -0.2) is 29.1 Å². The van der Waals surface area contributed by atoms with Gasteiger partial charge in [0.1, 0.15) is 5.76 Å². The Hall–Kier alpha value is -3.45. The number of carbonyl (C=O) groups is 2. The van der Waals surface area contributed by atoms with Crippen LogP contribution in [0.2, 0.25) is 0 Å². The molecule has 2 heterocycles. The summed E-state index contributed by atoms with van der Waals surface area (Å²) in [7, 11) is 0. The molecule has 0 radical (unpaired) electrons. The van der Waals surface area contributed by atoms with Crippen LogP contribution >= 0.6 is 11.8 Å². The SMILES string of the molecule is O=C(CSc1ccccc1C(=O)NCCc1c[nH]c2ccccc12)NCc1ccco1. The number of hydrogen-bond acceptors (Lipinski definition) is 4. The van der Waals surface area contributed by atoms with Gasteiger partial charge in [-0.1, -0.05) is 30.3 Å². The smallest absolute Gasteiger partial charge is 0.252 e. The number of aromatic amines is 1. The molecule has 0 aliphatic rings. The van der Waals surface area contributed by atoms with E-state index in [2.05, 4.69) is 21.7 Å². The van der Waals surface area contributed by atoms with E-state index in [1.54, 1.807) is 18.4 Å². The highest BCUT2D eigenvalue weighted by Gasteiger charge is 2.13. The van der Waals surface area contributed by atoms with Gasteiger partial charge in [-0.15, -0.1) is 11.8 Å². The number of para-hydroxylation sites is 1. The van der Waals surface area contributed by atoms with Crippen LogP contribution in [-0.2, 0) is 17.8 Å². The summed E-state index contributed by atoms with van der Waals surface area (Å²) in [5.74, 6) is 0.670. The minimum absolute atomic E-state index is 0.115. The van der Waals surface area contributed by atoms with Crippen molar-refractivity contribution in [1.29, 1.82) is 0 Å². The van der Waals surface area contributed by atoms with Gasteiger partial charge in [0.05, 0.1) is 24.1 Å². The first kappa shape index (κ1) is 20.8. The topological polar surface area (TPSA) is 87.1 Å². The Balaban J connectivity index is 1.29. The summed E-state index contributed by atoms with van der Waals surface area (Å²) in [4.78, 5) is 28.9. The average molecular weight is 434 g/mol. The number of amides is 2. The highest BCUT2D eigenvalue weighted by molar-refractivity contribution is 8.00. The van der Waals surface area contributed by atoms with Gasteiger partial charge in [-0.05, 0) is 42.3 Å². The van der Waals surface area contributed by atoms with Crippen molar-refractivity contribution in [2.24, 2.45) is 0 Å². The number of carbonyl (C=O) groups excluding carboxylic acids is 2. The number of benzene rings is 2. The van der Waals surface area contributed by atoms with Gasteiger partial charge in [0, 0.05) is 28.5 Å². The molecule has 158 valence electrons. The fourth-order valence-corrected chi connectivity index (χ4v) is 4.20. The summed E-state index contributed by atoms with van der Waals surface area (Å²) in [6.07, 6.45) is 4.30. The fourth-order valence-electron chi connectivity index (χ4n) is 3.32. The van der Waals surface area contributed by atoms with E-state index in [1.165, 1.54) is 22.7 Å². The summed E-state index contributed by atoms with van der Waals surface area (Å²) in [6.45, 7) is 0.881. The van der Waals surface area contributed by atoms with Crippen LogP contribution in [0.3, 0.4) is 0 Å². The van der Waals surface area contributed by atoms with Crippen LogP contribution in [0.4, 0.5) is 0 Å². The maximum atomic E-state index is 12.7. The molecule has 0 atom stereocenters. The van der Waals surface area contributed by atoms with Crippen LogP contribution in [0, 0.1) is 0 Å². The summed E-state index contributed by atoms with van der Waals surface area (Å²) >= 11 is 1.35. The molecule has 31 heavy (non-hydrogen) atoms. The van der Waals surface area contributed by atoms with Crippen LogP contribution < -0.4 is 10.6 Å². The van der Waals surface area contributed by atoms with Gasteiger partial charge in [-0.25, -0.2) is 0 Å². The largest absolute Gasteiger partial charge is 0.467 e. The van der Waals surface area contributed by atoms with Crippen molar-refractivity contribution in [3.05, 3.63) is 90.0 Å². The Bertz CT molecular complexity index is 1170. The number of thioether (sulfide) groups is 1. The Labute approximate surface area is 184 Å². The molecule has 4 aromatic rings. The lowest BCUT2D eigenvalue weighted by atomic mass is 10.1. The van der Waals surface area contributed by atoms with Crippen LogP contribution in [0.15, 0.2) is 82.4 Å². The zero-order valence-corrected chi connectivity index (χ0v) is 17.7. The highest BCUT2D eigenvalue weighted by Crippen LogP contribution is 2.23. The quantitative estimate of drug-likeness (QED) is 0.346. The minimum atomic E-state index is -0.140. The number of aromatic nitrogens is 1. The van der Waals surface area contributed by atoms with Crippen molar-refractivity contribution >= 4 is 34.5 Å². The second-order valence-electron chi connectivity index (χ2n) is 7.01. The van der Waals surface area contributed by atoms with Crippen LogP contribution in [0.1, 0.15) is 21.7 Å². The lowest BCUT2D eigenvalue weighted by molar-refractivity contribution is -0.118. The van der Waals surface area contributed by atoms with Gasteiger partial charge in [0.25, 0.3) is 5.91 Å². The molecule has 0 bridgehead atoms. The fraction of sp³-hybridized carbons (Fsp3) is 0.167. The van der Waals surface area contributed by atoms with E-state index >= 15 is 0 Å². The normalized spacial score (nSPS) is 10.8. The maximum Gasteiger partial charge on any atom is 0.252 e. The first-order valence-corrected chi connectivity index (χ1v) is 11.0. The molecule has 0 saturated carbocycles. The number of furan rings is 1. The van der Waals surface area contributed by atoms with Crippen molar-refractivity contribution in [3.63, 3.8) is 0 Å². The molecular weight excluding hydrogens is 410 g/mol. The molecule has 0 fully saturated rings. The Morgan fingerprint density at radius 2 is 1.81 bits per heavy atom. The van der Waals surface area contributed by atoms with Gasteiger partial charge < -0.3 is 20.0 Å².